The first kappa shape index (κ1) is 18.3. The molecule has 0 radical (unpaired) electrons. The lowest BCUT2D eigenvalue weighted by Crippen LogP contribution is -2.34. The number of hydrogen-bond acceptors (Lipinski definition) is 5. The molecule has 0 unspecified atom stereocenters. The van der Waals surface area contributed by atoms with Gasteiger partial charge in [0.15, 0.2) is 6.61 Å². The van der Waals surface area contributed by atoms with Gasteiger partial charge in [0.25, 0.3) is 5.89 Å². The van der Waals surface area contributed by atoms with Gasteiger partial charge in [-0.2, -0.15) is 4.98 Å². The van der Waals surface area contributed by atoms with Crippen molar-refractivity contribution in [3.63, 3.8) is 0 Å². The first-order valence-corrected chi connectivity index (χ1v) is 9.40. The number of hydrogen-bond donors (Lipinski definition) is 0. The molecule has 1 aliphatic carbocycles. The second kappa shape index (κ2) is 7.54. The van der Waals surface area contributed by atoms with Crippen molar-refractivity contribution in [2.24, 2.45) is 0 Å². The first-order chi connectivity index (χ1) is 13.6. The van der Waals surface area contributed by atoms with E-state index in [0.29, 0.717) is 18.7 Å². The van der Waals surface area contributed by atoms with E-state index in [1.54, 1.807) is 12.1 Å². The van der Waals surface area contributed by atoms with Crippen molar-refractivity contribution in [2.45, 2.75) is 44.6 Å². The zero-order valence-corrected chi connectivity index (χ0v) is 15.7. The van der Waals surface area contributed by atoms with Gasteiger partial charge < -0.3 is 9.26 Å². The van der Waals surface area contributed by atoms with Crippen LogP contribution in [0.5, 0.6) is 0 Å². The van der Waals surface area contributed by atoms with Crippen LogP contribution in [0, 0.1) is 12.7 Å². The molecule has 3 aromatic rings. The van der Waals surface area contributed by atoms with Gasteiger partial charge in [0.1, 0.15) is 5.82 Å². The van der Waals surface area contributed by atoms with E-state index < -0.39 is 5.41 Å². The molecule has 2 aromatic carbocycles. The zero-order chi connectivity index (χ0) is 19.6. The molecule has 6 heteroatoms. The summed E-state index contributed by atoms with van der Waals surface area (Å²) in [5.74, 6) is 0.0734. The van der Waals surface area contributed by atoms with E-state index in [1.807, 2.05) is 31.2 Å². The minimum atomic E-state index is -0.730. The maximum atomic E-state index is 13.3. The van der Waals surface area contributed by atoms with Gasteiger partial charge in [0, 0.05) is 5.56 Å². The predicted molar refractivity (Wildman–Crippen MR) is 101 cm³/mol. The molecular formula is C22H21FN2O3. The van der Waals surface area contributed by atoms with E-state index in [2.05, 4.69) is 10.1 Å². The molecule has 1 fully saturated rings. The van der Waals surface area contributed by atoms with E-state index in [0.717, 1.165) is 29.5 Å². The number of esters is 1. The first-order valence-electron chi connectivity index (χ1n) is 9.40. The summed E-state index contributed by atoms with van der Waals surface area (Å²) in [6, 6.07) is 13.8. The molecule has 0 atom stereocenters. The third-order valence-electron chi connectivity index (χ3n) is 5.43. The lowest BCUT2D eigenvalue weighted by molar-refractivity contribution is -0.152. The lowest BCUT2D eigenvalue weighted by Gasteiger charge is -2.26. The van der Waals surface area contributed by atoms with Crippen molar-refractivity contribution < 1.29 is 18.4 Å². The number of ether oxygens (including phenoxy) is 1. The standard InChI is InChI=1S/C22H21FN2O3/c1-15-6-2-3-7-18(15)20-24-19(28-25-20)14-27-21(26)22(12-4-5-13-22)16-8-10-17(23)11-9-16/h2-3,6-11H,4-5,12-14H2,1H3. The zero-order valence-electron chi connectivity index (χ0n) is 15.7. The fourth-order valence-electron chi connectivity index (χ4n) is 3.87. The van der Waals surface area contributed by atoms with Crippen LogP contribution in [0.1, 0.15) is 42.7 Å². The molecule has 1 heterocycles. The Balaban J connectivity index is 1.49. The number of halogens is 1. The van der Waals surface area contributed by atoms with Gasteiger partial charge in [0.2, 0.25) is 5.82 Å². The largest absolute Gasteiger partial charge is 0.455 e. The Morgan fingerprint density at radius 2 is 1.86 bits per heavy atom. The molecule has 0 bridgehead atoms. The van der Waals surface area contributed by atoms with E-state index in [4.69, 9.17) is 9.26 Å². The average Bonchev–Trinajstić information content (AvgIpc) is 3.38. The minimum absolute atomic E-state index is 0.0827. The molecule has 1 aliphatic rings. The highest BCUT2D eigenvalue weighted by Crippen LogP contribution is 2.42. The summed E-state index contributed by atoms with van der Waals surface area (Å²) in [6.07, 6.45) is 3.25. The number of nitrogens with zero attached hydrogens (tertiary/aromatic N) is 2. The van der Waals surface area contributed by atoms with Crippen molar-refractivity contribution in [3.05, 3.63) is 71.4 Å². The van der Waals surface area contributed by atoms with Crippen LogP contribution in [0.3, 0.4) is 0 Å². The highest BCUT2D eigenvalue weighted by molar-refractivity contribution is 5.83. The second-order valence-corrected chi connectivity index (χ2v) is 7.20. The van der Waals surface area contributed by atoms with E-state index in [-0.39, 0.29) is 24.3 Å². The Kier molecular flexibility index (Phi) is 4.94. The van der Waals surface area contributed by atoms with Gasteiger partial charge in [-0.25, -0.2) is 4.39 Å². The monoisotopic (exact) mass is 380 g/mol. The van der Waals surface area contributed by atoms with Gasteiger partial charge in [-0.3, -0.25) is 4.79 Å². The van der Waals surface area contributed by atoms with Crippen molar-refractivity contribution in [1.29, 1.82) is 0 Å². The number of carbonyl (C=O) groups excluding carboxylic acids is 1. The quantitative estimate of drug-likeness (QED) is 0.598. The number of rotatable bonds is 5. The second-order valence-electron chi connectivity index (χ2n) is 7.20. The Morgan fingerprint density at radius 3 is 2.57 bits per heavy atom. The summed E-state index contributed by atoms with van der Waals surface area (Å²) < 4.78 is 24.1. The van der Waals surface area contributed by atoms with Crippen molar-refractivity contribution in [2.75, 3.05) is 0 Å². The summed E-state index contributed by atoms with van der Waals surface area (Å²) >= 11 is 0. The van der Waals surface area contributed by atoms with Crippen molar-refractivity contribution >= 4 is 5.97 Å². The molecule has 4 rings (SSSR count). The van der Waals surface area contributed by atoms with Gasteiger partial charge >= 0.3 is 5.97 Å². The summed E-state index contributed by atoms with van der Waals surface area (Å²) in [4.78, 5) is 17.3. The molecule has 0 N–H and O–H groups in total. The number of aromatic nitrogens is 2. The maximum Gasteiger partial charge on any atom is 0.317 e. The van der Waals surface area contributed by atoms with E-state index >= 15 is 0 Å². The SMILES string of the molecule is Cc1ccccc1-c1noc(COC(=O)C2(c3ccc(F)cc3)CCCC2)n1. The molecule has 1 aromatic heterocycles. The van der Waals surface area contributed by atoms with Gasteiger partial charge in [0.05, 0.1) is 5.41 Å². The van der Waals surface area contributed by atoms with Gasteiger partial charge in [-0.15, -0.1) is 0 Å². The van der Waals surface area contributed by atoms with Crippen LogP contribution >= 0.6 is 0 Å². The molecular weight excluding hydrogens is 359 g/mol. The van der Waals surface area contributed by atoms with Crippen LogP contribution in [0.2, 0.25) is 0 Å². The highest BCUT2D eigenvalue weighted by atomic mass is 19.1. The van der Waals surface area contributed by atoms with Crippen molar-refractivity contribution in [3.8, 4) is 11.4 Å². The van der Waals surface area contributed by atoms with Crippen LogP contribution in [-0.4, -0.2) is 16.1 Å². The number of carbonyl (C=O) groups is 1. The van der Waals surface area contributed by atoms with Crippen LogP contribution < -0.4 is 0 Å². The smallest absolute Gasteiger partial charge is 0.317 e. The van der Waals surface area contributed by atoms with E-state index in [1.165, 1.54) is 12.1 Å². The molecule has 5 nitrogen and oxygen atoms in total. The topological polar surface area (TPSA) is 65.2 Å². The fraction of sp³-hybridized carbons (Fsp3) is 0.318. The number of benzene rings is 2. The molecule has 0 saturated heterocycles. The minimum Gasteiger partial charge on any atom is -0.455 e. The molecule has 28 heavy (non-hydrogen) atoms. The lowest BCUT2D eigenvalue weighted by atomic mass is 9.79. The molecule has 144 valence electrons. The Labute approximate surface area is 162 Å². The molecule has 0 spiro atoms. The van der Waals surface area contributed by atoms with E-state index in [9.17, 15) is 9.18 Å². The van der Waals surface area contributed by atoms with Crippen LogP contribution in [0.15, 0.2) is 53.1 Å². The van der Waals surface area contributed by atoms with Gasteiger partial charge in [-0.1, -0.05) is 54.4 Å². The summed E-state index contributed by atoms with van der Waals surface area (Å²) in [5, 5.41) is 3.99. The normalized spacial score (nSPS) is 15.5. The molecule has 0 aliphatic heterocycles. The Bertz CT molecular complexity index is 975. The summed E-state index contributed by atoms with van der Waals surface area (Å²) in [6.45, 7) is 1.89. The number of aryl methyl sites for hydroxylation is 1. The van der Waals surface area contributed by atoms with Crippen LogP contribution in [-0.2, 0) is 21.6 Å². The Morgan fingerprint density at radius 1 is 1.14 bits per heavy atom. The Hall–Kier alpha value is -3.02. The van der Waals surface area contributed by atoms with Gasteiger partial charge in [-0.05, 0) is 43.0 Å². The maximum absolute atomic E-state index is 13.3. The third kappa shape index (κ3) is 3.42. The average molecular weight is 380 g/mol. The van der Waals surface area contributed by atoms with Crippen molar-refractivity contribution in [1.82, 2.24) is 10.1 Å². The molecule has 1 saturated carbocycles. The summed E-state index contributed by atoms with van der Waals surface area (Å²) in [7, 11) is 0. The van der Waals surface area contributed by atoms with Crippen LogP contribution in [0.4, 0.5) is 4.39 Å². The summed E-state index contributed by atoms with van der Waals surface area (Å²) in [5.41, 5.74) is 1.98. The third-order valence-corrected chi connectivity index (χ3v) is 5.43. The van der Waals surface area contributed by atoms with Crippen LogP contribution in [0.25, 0.3) is 11.4 Å². The highest BCUT2D eigenvalue weighted by Gasteiger charge is 2.44. The predicted octanol–water partition coefficient (Wildman–Crippen LogP) is 4.74. The fourth-order valence-corrected chi connectivity index (χ4v) is 3.87. The molecule has 0 amide bonds.